The van der Waals surface area contributed by atoms with Gasteiger partial charge in [-0.3, -0.25) is 5.01 Å². The fraction of sp³-hybridized carbons (Fsp3) is 0.312. The number of piperazine rings is 1. The van der Waals surface area contributed by atoms with Crippen LogP contribution < -0.4 is 4.90 Å². The Balaban J connectivity index is 1.56. The van der Waals surface area contributed by atoms with Crippen LogP contribution in [0.1, 0.15) is 5.69 Å². The highest BCUT2D eigenvalue weighted by molar-refractivity contribution is 6.30. The SMILES string of the molecule is Cn1cccc1C=NN1CCN(c2ccc(Cl)cc2)CC1. The van der Waals surface area contributed by atoms with Crippen molar-refractivity contribution < 1.29 is 0 Å². The van der Waals surface area contributed by atoms with Crippen LogP contribution in [-0.4, -0.2) is 42.0 Å². The Hall–Kier alpha value is -1.94. The third kappa shape index (κ3) is 3.39. The van der Waals surface area contributed by atoms with Crippen molar-refractivity contribution in [3.63, 3.8) is 0 Å². The molecule has 1 aliphatic rings. The summed E-state index contributed by atoms with van der Waals surface area (Å²) in [6.07, 6.45) is 3.96. The van der Waals surface area contributed by atoms with E-state index in [1.165, 1.54) is 5.69 Å². The highest BCUT2D eigenvalue weighted by Crippen LogP contribution is 2.19. The van der Waals surface area contributed by atoms with E-state index < -0.39 is 0 Å². The summed E-state index contributed by atoms with van der Waals surface area (Å²) in [7, 11) is 2.03. The van der Waals surface area contributed by atoms with Gasteiger partial charge < -0.3 is 9.47 Å². The monoisotopic (exact) mass is 302 g/mol. The Kier molecular flexibility index (Phi) is 4.15. The van der Waals surface area contributed by atoms with E-state index in [9.17, 15) is 0 Å². The first kappa shape index (κ1) is 14.0. The van der Waals surface area contributed by atoms with Crippen molar-refractivity contribution in [2.24, 2.45) is 12.1 Å². The van der Waals surface area contributed by atoms with Crippen LogP contribution >= 0.6 is 11.6 Å². The van der Waals surface area contributed by atoms with Crippen molar-refractivity contribution in [2.45, 2.75) is 0 Å². The van der Waals surface area contributed by atoms with Crippen LogP contribution in [0.5, 0.6) is 0 Å². The minimum absolute atomic E-state index is 0.782. The fourth-order valence-corrected chi connectivity index (χ4v) is 2.60. The molecule has 4 nitrogen and oxygen atoms in total. The van der Waals surface area contributed by atoms with E-state index in [4.69, 9.17) is 11.6 Å². The Labute approximate surface area is 130 Å². The molecule has 2 aromatic rings. The Morgan fingerprint density at radius 1 is 1.05 bits per heavy atom. The molecule has 1 aromatic carbocycles. The van der Waals surface area contributed by atoms with Crippen LogP contribution in [0.15, 0.2) is 47.7 Å². The zero-order valence-electron chi connectivity index (χ0n) is 12.1. The number of hydrogen-bond acceptors (Lipinski definition) is 3. The summed E-state index contributed by atoms with van der Waals surface area (Å²) in [6.45, 7) is 3.82. The van der Waals surface area contributed by atoms with Crippen molar-refractivity contribution in [2.75, 3.05) is 31.1 Å². The number of hydrazone groups is 1. The average molecular weight is 303 g/mol. The molecule has 21 heavy (non-hydrogen) atoms. The number of rotatable bonds is 3. The van der Waals surface area contributed by atoms with Gasteiger partial charge in [0.05, 0.1) is 25.0 Å². The molecule has 0 amide bonds. The van der Waals surface area contributed by atoms with Gasteiger partial charge in [0, 0.05) is 37.0 Å². The third-order valence-electron chi connectivity index (χ3n) is 3.79. The fourth-order valence-electron chi connectivity index (χ4n) is 2.47. The first-order valence-electron chi connectivity index (χ1n) is 7.13. The summed E-state index contributed by atoms with van der Waals surface area (Å²) >= 11 is 5.93. The van der Waals surface area contributed by atoms with Gasteiger partial charge in [-0.1, -0.05) is 11.6 Å². The first-order chi connectivity index (χ1) is 10.2. The zero-order valence-corrected chi connectivity index (χ0v) is 12.9. The molecule has 0 spiro atoms. The van der Waals surface area contributed by atoms with Crippen LogP contribution in [0, 0.1) is 0 Å². The molecule has 1 fully saturated rings. The second-order valence-electron chi connectivity index (χ2n) is 5.21. The molecule has 110 valence electrons. The van der Waals surface area contributed by atoms with Gasteiger partial charge >= 0.3 is 0 Å². The van der Waals surface area contributed by atoms with Gasteiger partial charge in [0.1, 0.15) is 0 Å². The van der Waals surface area contributed by atoms with Crippen LogP contribution in [0.4, 0.5) is 5.69 Å². The molecule has 0 unspecified atom stereocenters. The number of anilines is 1. The maximum atomic E-state index is 5.93. The smallest absolute Gasteiger partial charge is 0.0707 e. The number of halogens is 1. The second kappa shape index (κ2) is 6.22. The molecule has 0 aliphatic carbocycles. The Bertz CT molecular complexity index is 609. The number of aryl methyl sites for hydroxylation is 1. The van der Waals surface area contributed by atoms with Crippen molar-refractivity contribution in [3.8, 4) is 0 Å². The van der Waals surface area contributed by atoms with E-state index in [-0.39, 0.29) is 0 Å². The molecule has 0 radical (unpaired) electrons. The topological polar surface area (TPSA) is 23.8 Å². The molecule has 0 atom stereocenters. The highest BCUT2D eigenvalue weighted by atomic mass is 35.5. The van der Waals surface area contributed by atoms with E-state index in [2.05, 4.69) is 37.8 Å². The van der Waals surface area contributed by atoms with E-state index in [0.717, 1.165) is 36.9 Å². The third-order valence-corrected chi connectivity index (χ3v) is 4.04. The maximum absolute atomic E-state index is 5.93. The van der Waals surface area contributed by atoms with Crippen LogP contribution in [0.2, 0.25) is 5.02 Å². The zero-order chi connectivity index (χ0) is 14.7. The molecule has 0 N–H and O–H groups in total. The van der Waals surface area contributed by atoms with E-state index in [1.54, 1.807) is 0 Å². The Morgan fingerprint density at radius 2 is 1.76 bits per heavy atom. The predicted molar refractivity (Wildman–Crippen MR) is 88.2 cm³/mol. The number of benzene rings is 1. The lowest BCUT2D eigenvalue weighted by molar-refractivity contribution is 0.272. The van der Waals surface area contributed by atoms with E-state index >= 15 is 0 Å². The summed E-state index contributed by atoms with van der Waals surface area (Å²) < 4.78 is 2.06. The standard InChI is InChI=1S/C16H19ClN4/c1-19-8-2-3-16(19)13-18-21-11-9-20(10-12-21)15-6-4-14(17)5-7-15/h2-8,13H,9-12H2,1H3. The average Bonchev–Trinajstić information content (AvgIpc) is 2.92. The molecule has 0 saturated carbocycles. The van der Waals surface area contributed by atoms with Crippen molar-refractivity contribution in [1.82, 2.24) is 9.58 Å². The molecule has 0 bridgehead atoms. The van der Waals surface area contributed by atoms with Crippen molar-refractivity contribution in [3.05, 3.63) is 53.3 Å². The molecule has 5 heteroatoms. The molecule has 1 aliphatic heterocycles. The number of aromatic nitrogens is 1. The van der Waals surface area contributed by atoms with E-state index in [1.807, 2.05) is 37.7 Å². The second-order valence-corrected chi connectivity index (χ2v) is 5.64. The Morgan fingerprint density at radius 3 is 2.38 bits per heavy atom. The summed E-state index contributed by atoms with van der Waals surface area (Å²) in [5, 5.41) is 7.47. The quantitative estimate of drug-likeness (QED) is 0.814. The van der Waals surface area contributed by atoms with Gasteiger partial charge in [-0.05, 0) is 36.4 Å². The van der Waals surface area contributed by atoms with Gasteiger partial charge in [0.25, 0.3) is 0 Å². The van der Waals surface area contributed by atoms with E-state index in [0.29, 0.717) is 0 Å². The van der Waals surface area contributed by atoms with Gasteiger partial charge in [-0.25, -0.2) is 0 Å². The lowest BCUT2D eigenvalue weighted by Crippen LogP contribution is -2.44. The number of nitrogens with zero attached hydrogens (tertiary/aromatic N) is 4. The molecular weight excluding hydrogens is 284 g/mol. The molecule has 3 rings (SSSR count). The van der Waals surface area contributed by atoms with Gasteiger partial charge in [-0.15, -0.1) is 0 Å². The highest BCUT2D eigenvalue weighted by Gasteiger charge is 2.15. The summed E-state index contributed by atoms with van der Waals surface area (Å²) in [6, 6.07) is 12.1. The van der Waals surface area contributed by atoms with Gasteiger partial charge in [0.2, 0.25) is 0 Å². The molecule has 2 heterocycles. The molecule has 1 saturated heterocycles. The van der Waals surface area contributed by atoms with Gasteiger partial charge in [0.15, 0.2) is 0 Å². The van der Waals surface area contributed by atoms with Crippen LogP contribution in [0.3, 0.4) is 0 Å². The lowest BCUT2D eigenvalue weighted by Gasteiger charge is -2.34. The van der Waals surface area contributed by atoms with Crippen molar-refractivity contribution in [1.29, 1.82) is 0 Å². The largest absolute Gasteiger partial charge is 0.368 e. The molecule has 1 aromatic heterocycles. The van der Waals surface area contributed by atoms with Crippen LogP contribution in [-0.2, 0) is 7.05 Å². The lowest BCUT2D eigenvalue weighted by atomic mass is 10.2. The number of hydrogen-bond donors (Lipinski definition) is 0. The normalized spacial score (nSPS) is 15.9. The summed E-state index contributed by atoms with van der Waals surface area (Å²) in [5.41, 5.74) is 2.35. The first-order valence-corrected chi connectivity index (χ1v) is 7.51. The maximum Gasteiger partial charge on any atom is 0.0707 e. The van der Waals surface area contributed by atoms with Gasteiger partial charge in [-0.2, -0.15) is 5.10 Å². The predicted octanol–water partition coefficient (Wildman–Crippen LogP) is 2.83. The minimum Gasteiger partial charge on any atom is -0.368 e. The summed E-state index contributed by atoms with van der Waals surface area (Å²) in [5.74, 6) is 0. The van der Waals surface area contributed by atoms with Crippen LogP contribution in [0.25, 0.3) is 0 Å². The molecular formula is C16H19ClN4. The summed E-state index contributed by atoms with van der Waals surface area (Å²) in [4.78, 5) is 2.37. The minimum atomic E-state index is 0.782. The van der Waals surface area contributed by atoms with Crippen molar-refractivity contribution >= 4 is 23.5 Å².